The van der Waals surface area contributed by atoms with Crippen LogP contribution >= 0.6 is 0 Å². The van der Waals surface area contributed by atoms with E-state index in [2.05, 4.69) is 10.3 Å². The molecule has 1 amide bonds. The Bertz CT molecular complexity index is 1480. The molecule has 0 radical (unpaired) electrons. The SMILES string of the molecule is O=C(O)CC(c1ccccc1)n1cnc2cc(NC(=O)c3ccc(-c4ccccc4)cc3)ccc21. The van der Waals surface area contributed by atoms with Gasteiger partial charge in [-0.05, 0) is 47.0 Å². The van der Waals surface area contributed by atoms with Gasteiger partial charge in [0.05, 0.1) is 29.8 Å². The Hall–Kier alpha value is -4.71. The Morgan fingerprint density at radius 1 is 0.829 bits per heavy atom. The highest BCUT2D eigenvalue weighted by molar-refractivity contribution is 6.05. The lowest BCUT2D eigenvalue weighted by molar-refractivity contribution is -0.137. The van der Waals surface area contributed by atoms with Gasteiger partial charge in [0.1, 0.15) is 0 Å². The van der Waals surface area contributed by atoms with Crippen LogP contribution in [0.15, 0.2) is 109 Å². The van der Waals surface area contributed by atoms with Gasteiger partial charge in [0.25, 0.3) is 5.91 Å². The number of hydrogen-bond acceptors (Lipinski definition) is 3. The largest absolute Gasteiger partial charge is 0.481 e. The van der Waals surface area contributed by atoms with Crippen LogP contribution in [-0.4, -0.2) is 26.5 Å². The molecule has 1 aromatic heterocycles. The fourth-order valence-electron chi connectivity index (χ4n) is 4.22. The van der Waals surface area contributed by atoms with Gasteiger partial charge in [-0.25, -0.2) is 4.98 Å². The van der Waals surface area contributed by atoms with Crippen molar-refractivity contribution in [2.75, 3.05) is 5.32 Å². The summed E-state index contributed by atoms with van der Waals surface area (Å²) in [5.41, 5.74) is 5.68. The molecule has 4 aromatic carbocycles. The third kappa shape index (κ3) is 4.82. The topological polar surface area (TPSA) is 84.2 Å². The molecule has 0 saturated carbocycles. The summed E-state index contributed by atoms with van der Waals surface area (Å²) in [6.07, 6.45) is 1.59. The van der Waals surface area contributed by atoms with E-state index >= 15 is 0 Å². The first-order valence-corrected chi connectivity index (χ1v) is 11.3. The molecule has 1 unspecified atom stereocenters. The number of benzene rings is 4. The van der Waals surface area contributed by atoms with Gasteiger partial charge in [-0.1, -0.05) is 72.8 Å². The van der Waals surface area contributed by atoms with Gasteiger partial charge in [-0.2, -0.15) is 0 Å². The number of aromatic nitrogens is 2. The first-order valence-electron chi connectivity index (χ1n) is 11.3. The number of hydrogen-bond donors (Lipinski definition) is 2. The first kappa shape index (κ1) is 22.1. The normalized spacial score (nSPS) is 11.8. The van der Waals surface area contributed by atoms with Crippen LogP contribution in [0.4, 0.5) is 5.69 Å². The maximum atomic E-state index is 12.8. The lowest BCUT2D eigenvalue weighted by Crippen LogP contribution is -2.14. The zero-order valence-corrected chi connectivity index (χ0v) is 18.8. The highest BCUT2D eigenvalue weighted by Gasteiger charge is 2.20. The lowest BCUT2D eigenvalue weighted by Gasteiger charge is -2.18. The fourth-order valence-corrected chi connectivity index (χ4v) is 4.22. The molecule has 5 rings (SSSR count). The van der Waals surface area contributed by atoms with Crippen molar-refractivity contribution in [1.82, 2.24) is 9.55 Å². The molecule has 172 valence electrons. The molecule has 6 nitrogen and oxygen atoms in total. The molecular formula is C29H23N3O3. The number of carboxylic acids is 1. The summed E-state index contributed by atoms with van der Waals surface area (Å²) in [6, 6.07) is 32.1. The predicted octanol–water partition coefficient (Wildman–Crippen LogP) is 6.02. The summed E-state index contributed by atoms with van der Waals surface area (Å²) in [5.74, 6) is -1.10. The summed E-state index contributed by atoms with van der Waals surface area (Å²) in [5, 5.41) is 12.4. The van der Waals surface area contributed by atoms with E-state index in [4.69, 9.17) is 0 Å². The summed E-state index contributed by atoms with van der Waals surface area (Å²) in [6.45, 7) is 0. The first-order chi connectivity index (χ1) is 17.1. The summed E-state index contributed by atoms with van der Waals surface area (Å²) in [7, 11) is 0. The molecule has 35 heavy (non-hydrogen) atoms. The number of aliphatic carboxylic acids is 1. The van der Waals surface area contributed by atoms with Crippen molar-refractivity contribution in [2.24, 2.45) is 0 Å². The average Bonchev–Trinajstić information content (AvgIpc) is 3.31. The summed E-state index contributed by atoms with van der Waals surface area (Å²) < 4.78 is 1.87. The highest BCUT2D eigenvalue weighted by atomic mass is 16.4. The van der Waals surface area contributed by atoms with Crippen molar-refractivity contribution in [3.8, 4) is 11.1 Å². The Labute approximate surface area is 202 Å². The van der Waals surface area contributed by atoms with Gasteiger partial charge in [0.2, 0.25) is 0 Å². The lowest BCUT2D eigenvalue weighted by atomic mass is 10.0. The second kappa shape index (κ2) is 9.65. The van der Waals surface area contributed by atoms with Crippen molar-refractivity contribution in [2.45, 2.75) is 12.5 Å². The van der Waals surface area contributed by atoms with Gasteiger partial charge in [0, 0.05) is 11.3 Å². The van der Waals surface area contributed by atoms with Gasteiger partial charge in [0.15, 0.2) is 0 Å². The molecule has 5 aromatic rings. The van der Waals surface area contributed by atoms with Gasteiger partial charge in [-0.15, -0.1) is 0 Å². The molecule has 0 bridgehead atoms. The van der Waals surface area contributed by atoms with E-state index in [0.29, 0.717) is 16.8 Å². The second-order valence-electron chi connectivity index (χ2n) is 8.28. The van der Waals surface area contributed by atoms with Gasteiger partial charge in [-0.3, -0.25) is 9.59 Å². The van der Waals surface area contributed by atoms with E-state index < -0.39 is 5.97 Å². The average molecular weight is 462 g/mol. The second-order valence-corrected chi connectivity index (χ2v) is 8.28. The van der Waals surface area contributed by atoms with Crippen LogP contribution in [0.3, 0.4) is 0 Å². The van der Waals surface area contributed by atoms with Crippen LogP contribution in [0.2, 0.25) is 0 Å². The van der Waals surface area contributed by atoms with Gasteiger partial charge < -0.3 is 15.0 Å². The molecule has 0 fully saturated rings. The molecule has 0 spiro atoms. The van der Waals surface area contributed by atoms with Crippen molar-refractivity contribution in [3.63, 3.8) is 0 Å². The molecule has 1 heterocycles. The third-order valence-electron chi connectivity index (χ3n) is 5.97. The van der Waals surface area contributed by atoms with Crippen molar-refractivity contribution in [1.29, 1.82) is 0 Å². The zero-order chi connectivity index (χ0) is 24.2. The smallest absolute Gasteiger partial charge is 0.305 e. The van der Waals surface area contributed by atoms with Crippen molar-refractivity contribution < 1.29 is 14.7 Å². The molecule has 0 aliphatic heterocycles. The molecule has 2 N–H and O–H groups in total. The quantitative estimate of drug-likeness (QED) is 0.310. The van der Waals surface area contributed by atoms with Crippen molar-refractivity contribution in [3.05, 3.63) is 121 Å². The summed E-state index contributed by atoms with van der Waals surface area (Å²) in [4.78, 5) is 28.8. The predicted molar refractivity (Wildman–Crippen MR) is 136 cm³/mol. The Morgan fingerprint density at radius 2 is 1.49 bits per heavy atom. The molecule has 0 aliphatic rings. The van der Waals surface area contributed by atoms with Crippen LogP contribution < -0.4 is 5.32 Å². The van der Waals surface area contributed by atoms with Crippen molar-refractivity contribution >= 4 is 28.6 Å². The number of fused-ring (bicyclic) bond motifs is 1. The molecule has 6 heteroatoms. The number of nitrogens with zero attached hydrogens (tertiary/aromatic N) is 2. The van der Waals surface area contributed by atoms with Crippen LogP contribution in [0, 0.1) is 0 Å². The zero-order valence-electron chi connectivity index (χ0n) is 18.8. The van der Waals surface area contributed by atoms with Crippen LogP contribution in [0.5, 0.6) is 0 Å². The van der Waals surface area contributed by atoms with E-state index in [-0.39, 0.29) is 18.4 Å². The van der Waals surface area contributed by atoms with E-state index in [1.165, 1.54) is 0 Å². The highest BCUT2D eigenvalue weighted by Crippen LogP contribution is 2.28. The fraction of sp³-hybridized carbons (Fsp3) is 0.0690. The van der Waals surface area contributed by atoms with Crippen LogP contribution in [0.1, 0.15) is 28.4 Å². The molecular weight excluding hydrogens is 438 g/mol. The van der Waals surface area contributed by atoms with Crippen LogP contribution in [0.25, 0.3) is 22.2 Å². The molecule has 0 saturated heterocycles. The number of rotatable bonds is 7. The number of nitrogens with one attached hydrogen (secondary N) is 1. The Balaban J connectivity index is 1.37. The van der Waals surface area contributed by atoms with Crippen LogP contribution in [-0.2, 0) is 4.79 Å². The summed E-state index contributed by atoms with van der Waals surface area (Å²) >= 11 is 0. The number of carboxylic acid groups (broad SMARTS) is 1. The Morgan fingerprint density at radius 3 is 2.17 bits per heavy atom. The number of anilines is 1. The number of carbonyl (C=O) groups excluding carboxylic acids is 1. The number of amides is 1. The maximum Gasteiger partial charge on any atom is 0.305 e. The monoisotopic (exact) mass is 461 g/mol. The van der Waals surface area contributed by atoms with E-state index in [1.54, 1.807) is 30.6 Å². The van der Waals surface area contributed by atoms with E-state index in [0.717, 1.165) is 22.2 Å². The van der Waals surface area contributed by atoms with E-state index in [1.807, 2.05) is 83.4 Å². The molecule has 1 atom stereocenters. The standard InChI is InChI=1S/C29H23N3O3/c33-28(34)18-27(22-9-5-2-6-10-22)32-19-30-25-17-24(15-16-26(25)32)31-29(35)23-13-11-21(12-14-23)20-7-3-1-4-8-20/h1-17,19,27H,18H2,(H,31,35)(H,33,34). The number of carbonyl (C=O) groups is 2. The Kier molecular flexibility index (Phi) is 6.09. The minimum absolute atomic E-state index is 0.0626. The third-order valence-corrected chi connectivity index (χ3v) is 5.97. The minimum atomic E-state index is -0.886. The minimum Gasteiger partial charge on any atom is -0.481 e. The van der Waals surface area contributed by atoms with E-state index in [9.17, 15) is 14.7 Å². The number of imidazole rings is 1. The molecule has 0 aliphatic carbocycles. The van der Waals surface area contributed by atoms with Gasteiger partial charge >= 0.3 is 5.97 Å². The maximum absolute atomic E-state index is 12.8.